The third kappa shape index (κ3) is 5.36. The van der Waals surface area contributed by atoms with Crippen LogP contribution in [0.5, 0.6) is 5.75 Å². The molecule has 3 heterocycles. The number of allylic oxidation sites excluding steroid dienone is 1. The third-order valence-electron chi connectivity index (χ3n) is 6.49. The number of thiazole rings is 1. The molecular formula is C30H17Cl4FN2O3S. The molecule has 0 radical (unpaired) electrons. The first kappa shape index (κ1) is 27.8. The van der Waals surface area contributed by atoms with Crippen LogP contribution >= 0.6 is 57.7 Å². The summed E-state index contributed by atoms with van der Waals surface area (Å²) in [7, 11) is 1.58. The molecule has 11 heteroatoms. The predicted molar refractivity (Wildman–Crippen MR) is 163 cm³/mol. The van der Waals surface area contributed by atoms with E-state index in [0.717, 1.165) is 5.56 Å². The lowest BCUT2D eigenvalue weighted by molar-refractivity contribution is 0.414. The minimum atomic E-state index is -0.624. The van der Waals surface area contributed by atoms with Crippen LogP contribution < -0.4 is 19.6 Å². The van der Waals surface area contributed by atoms with Crippen LogP contribution in [0.1, 0.15) is 22.9 Å². The van der Waals surface area contributed by atoms with Gasteiger partial charge in [0.2, 0.25) is 0 Å². The van der Waals surface area contributed by atoms with Crippen LogP contribution in [0, 0.1) is 5.82 Å². The van der Waals surface area contributed by atoms with E-state index in [9.17, 15) is 9.18 Å². The second-order valence-corrected chi connectivity index (χ2v) is 11.7. The van der Waals surface area contributed by atoms with Gasteiger partial charge in [0.15, 0.2) is 4.80 Å². The SMILES string of the molecule is COc1ccc(C2C=C(c3cc(F)c(Cl)cc3Cl)N=c3s/c(=C\c4ccc(-c5ccc(Cl)cc5Cl)o4)c(=O)n32)cc1. The Hall–Kier alpha value is -3.33. The molecule has 0 fully saturated rings. The van der Waals surface area contributed by atoms with Crippen LogP contribution in [0.3, 0.4) is 0 Å². The van der Waals surface area contributed by atoms with Gasteiger partial charge < -0.3 is 9.15 Å². The molecule has 1 unspecified atom stereocenters. The van der Waals surface area contributed by atoms with Gasteiger partial charge in [-0.2, -0.15) is 0 Å². The van der Waals surface area contributed by atoms with Crippen LogP contribution in [0.25, 0.3) is 23.1 Å². The molecular weight excluding hydrogens is 629 g/mol. The normalized spacial score (nSPS) is 14.9. The molecule has 6 rings (SSSR count). The predicted octanol–water partition coefficient (Wildman–Crippen LogP) is 8.02. The lowest BCUT2D eigenvalue weighted by atomic mass is 10.0. The second kappa shape index (κ2) is 11.2. The summed E-state index contributed by atoms with van der Waals surface area (Å²) in [4.78, 5) is 18.9. The Bertz CT molecular complexity index is 2030. The number of nitrogens with zero attached hydrogens (tertiary/aromatic N) is 2. The number of hydrogen-bond donors (Lipinski definition) is 0. The van der Waals surface area contributed by atoms with Gasteiger partial charge in [0.25, 0.3) is 5.56 Å². The van der Waals surface area contributed by atoms with Crippen molar-refractivity contribution in [3.63, 3.8) is 0 Å². The molecule has 5 nitrogen and oxygen atoms in total. The first-order chi connectivity index (χ1) is 19.7. The van der Waals surface area contributed by atoms with E-state index in [2.05, 4.69) is 0 Å². The Morgan fingerprint density at radius 3 is 2.44 bits per heavy atom. The van der Waals surface area contributed by atoms with Gasteiger partial charge in [-0.1, -0.05) is 69.9 Å². The maximum Gasteiger partial charge on any atom is 0.271 e. The highest BCUT2D eigenvalue weighted by Gasteiger charge is 2.24. The Balaban J connectivity index is 1.50. The zero-order valence-corrected chi connectivity index (χ0v) is 24.8. The number of hydrogen-bond acceptors (Lipinski definition) is 5. The molecule has 0 spiro atoms. The molecule has 1 atom stereocenters. The van der Waals surface area contributed by atoms with Crippen molar-refractivity contribution in [3.05, 3.63) is 135 Å². The van der Waals surface area contributed by atoms with E-state index in [0.29, 0.717) is 53.5 Å². The van der Waals surface area contributed by atoms with Gasteiger partial charge in [-0.25, -0.2) is 9.38 Å². The van der Waals surface area contributed by atoms with E-state index < -0.39 is 11.9 Å². The second-order valence-electron chi connectivity index (χ2n) is 9.02. The molecule has 206 valence electrons. The quantitative estimate of drug-likeness (QED) is 0.182. The Morgan fingerprint density at radius 2 is 1.71 bits per heavy atom. The summed E-state index contributed by atoms with van der Waals surface area (Å²) >= 11 is 25.9. The first-order valence-electron chi connectivity index (χ1n) is 12.1. The summed E-state index contributed by atoms with van der Waals surface area (Å²) in [6.07, 6.45) is 3.43. The average Bonchev–Trinajstić information content (AvgIpc) is 3.54. The van der Waals surface area contributed by atoms with E-state index in [1.54, 1.807) is 66.3 Å². The lowest BCUT2D eigenvalue weighted by Gasteiger charge is -2.20. The number of furan rings is 1. The van der Waals surface area contributed by atoms with Gasteiger partial charge in [0.05, 0.1) is 38.4 Å². The monoisotopic (exact) mass is 644 g/mol. The molecule has 0 bridgehead atoms. The van der Waals surface area contributed by atoms with Crippen molar-refractivity contribution >= 4 is 69.5 Å². The number of halogens is 5. The van der Waals surface area contributed by atoms with E-state index in [1.165, 1.54) is 23.5 Å². The summed E-state index contributed by atoms with van der Waals surface area (Å²) in [6.45, 7) is 0. The fourth-order valence-corrected chi connectivity index (χ4v) is 6.46. The molecule has 0 amide bonds. The van der Waals surface area contributed by atoms with Crippen molar-refractivity contribution < 1.29 is 13.5 Å². The molecule has 0 saturated carbocycles. The molecule has 41 heavy (non-hydrogen) atoms. The highest BCUT2D eigenvalue weighted by atomic mass is 35.5. The highest BCUT2D eigenvalue weighted by molar-refractivity contribution is 7.07. The summed E-state index contributed by atoms with van der Waals surface area (Å²) in [6, 6.07) is 18.0. The molecule has 1 aliphatic heterocycles. The Morgan fingerprint density at radius 1 is 0.951 bits per heavy atom. The summed E-state index contributed by atoms with van der Waals surface area (Å²) in [5.74, 6) is 1.03. The number of ether oxygens (including phenoxy) is 1. The molecule has 1 aliphatic rings. The van der Waals surface area contributed by atoms with Crippen molar-refractivity contribution in [2.45, 2.75) is 6.04 Å². The Kier molecular flexibility index (Phi) is 7.57. The maximum atomic E-state index is 14.4. The van der Waals surface area contributed by atoms with Gasteiger partial charge in [-0.3, -0.25) is 9.36 Å². The zero-order valence-electron chi connectivity index (χ0n) is 21.0. The Labute approximate surface area is 257 Å². The fourth-order valence-electron chi connectivity index (χ4n) is 4.48. The van der Waals surface area contributed by atoms with Gasteiger partial charge in [-0.05, 0) is 66.2 Å². The van der Waals surface area contributed by atoms with Crippen molar-refractivity contribution in [2.24, 2.45) is 4.99 Å². The number of benzene rings is 3. The number of aromatic nitrogens is 1. The molecule has 0 saturated heterocycles. The number of rotatable bonds is 5. The summed E-state index contributed by atoms with van der Waals surface area (Å²) < 4.78 is 27.7. The van der Waals surface area contributed by atoms with Crippen molar-refractivity contribution in [1.82, 2.24) is 4.57 Å². The van der Waals surface area contributed by atoms with E-state index in [1.807, 2.05) is 12.1 Å². The molecule has 0 aliphatic carbocycles. The largest absolute Gasteiger partial charge is 0.497 e. The maximum absolute atomic E-state index is 14.4. The van der Waals surface area contributed by atoms with E-state index >= 15 is 0 Å². The molecule has 5 aromatic rings. The van der Waals surface area contributed by atoms with Crippen molar-refractivity contribution in [3.8, 4) is 17.1 Å². The first-order valence-corrected chi connectivity index (χ1v) is 14.4. The lowest BCUT2D eigenvalue weighted by Crippen LogP contribution is -2.36. The molecule has 2 aromatic heterocycles. The topological polar surface area (TPSA) is 56.7 Å². The minimum absolute atomic E-state index is 0.0931. The smallest absolute Gasteiger partial charge is 0.271 e. The van der Waals surface area contributed by atoms with Gasteiger partial charge in [-0.15, -0.1) is 0 Å². The third-order valence-corrected chi connectivity index (χ3v) is 8.62. The minimum Gasteiger partial charge on any atom is -0.497 e. The summed E-state index contributed by atoms with van der Waals surface area (Å²) in [5.41, 5.74) is 1.99. The van der Waals surface area contributed by atoms with E-state index in [-0.39, 0.29) is 15.6 Å². The van der Waals surface area contributed by atoms with Crippen LogP contribution in [-0.4, -0.2) is 11.7 Å². The van der Waals surface area contributed by atoms with Crippen LogP contribution in [0.4, 0.5) is 4.39 Å². The van der Waals surface area contributed by atoms with Gasteiger partial charge in [0, 0.05) is 22.2 Å². The summed E-state index contributed by atoms with van der Waals surface area (Å²) in [5, 5.41) is 1.11. The van der Waals surface area contributed by atoms with E-state index in [4.69, 9.17) is 60.6 Å². The zero-order chi connectivity index (χ0) is 28.8. The van der Waals surface area contributed by atoms with Gasteiger partial charge in [0.1, 0.15) is 23.1 Å². The fraction of sp³-hybridized carbons (Fsp3) is 0.0667. The number of fused-ring (bicyclic) bond motifs is 1. The van der Waals surface area contributed by atoms with Crippen LogP contribution in [0.15, 0.2) is 87.0 Å². The van der Waals surface area contributed by atoms with Crippen LogP contribution in [-0.2, 0) is 0 Å². The average molecular weight is 646 g/mol. The van der Waals surface area contributed by atoms with Crippen molar-refractivity contribution in [2.75, 3.05) is 7.11 Å². The van der Waals surface area contributed by atoms with Crippen LogP contribution in [0.2, 0.25) is 20.1 Å². The molecule has 0 N–H and O–H groups in total. The van der Waals surface area contributed by atoms with Gasteiger partial charge >= 0.3 is 0 Å². The number of methoxy groups -OCH3 is 1. The van der Waals surface area contributed by atoms with Crippen molar-refractivity contribution in [1.29, 1.82) is 0 Å². The highest BCUT2D eigenvalue weighted by Crippen LogP contribution is 2.34. The molecule has 3 aromatic carbocycles. The standard InChI is InChI=1S/C30H17Cl4FN2O3S/c1-39-17-5-2-15(3-6-17)26-14-25(20-12-24(35)23(34)13-22(20)33)36-30-37(26)29(38)28(41-30)11-18-7-9-27(40-18)19-8-4-16(31)10-21(19)32/h2-14,26H,1H3/b28-11-.